The fourth-order valence-corrected chi connectivity index (χ4v) is 2.72. The molecule has 0 aliphatic rings. The number of rotatable bonds is 3. The van der Waals surface area contributed by atoms with Crippen LogP contribution in [-0.4, -0.2) is 4.98 Å². The molecule has 3 rings (SSSR count). The average molecular weight is 437 g/mol. The molecule has 0 saturated carbocycles. The Bertz CT molecular complexity index is 1110. The maximum absolute atomic E-state index is 9.10. The number of nitrogens with zero attached hydrogens (tertiary/aromatic N) is 4. The summed E-state index contributed by atoms with van der Waals surface area (Å²) in [7, 11) is 0. The third-order valence-corrected chi connectivity index (χ3v) is 3.98. The second kappa shape index (κ2) is 7.04. The molecular weight excluding hydrogens is 429 g/mol. The second-order valence-electron chi connectivity index (χ2n) is 4.92. The highest BCUT2D eigenvalue weighted by atomic mass is 127. The second-order valence-corrected chi connectivity index (χ2v) is 6.17. The molecular formula is C18H8IN5O. The standard InChI is InChI=1S/C18H8IN5O/c19-13-3-1-2-11(6-13)18-24-15-7-14(4-5-17(15)25-18)23-16(10-22)12(8-20)9-21/h1-7,23H. The van der Waals surface area contributed by atoms with Crippen LogP contribution in [-0.2, 0) is 0 Å². The van der Waals surface area contributed by atoms with Crippen molar-refractivity contribution < 1.29 is 4.42 Å². The SMILES string of the molecule is N#CC(C#N)=C(C#N)Nc1ccc2oc(-c3cccc(I)c3)nc2c1. The average Bonchev–Trinajstić information content (AvgIpc) is 3.05. The monoisotopic (exact) mass is 437 g/mol. The highest BCUT2D eigenvalue weighted by molar-refractivity contribution is 14.1. The molecule has 7 heteroatoms. The third kappa shape index (κ3) is 3.45. The van der Waals surface area contributed by atoms with E-state index in [2.05, 4.69) is 32.9 Å². The zero-order valence-corrected chi connectivity index (χ0v) is 14.8. The molecule has 1 heterocycles. The van der Waals surface area contributed by atoms with Gasteiger partial charge in [-0.05, 0) is 59.0 Å². The number of benzene rings is 2. The third-order valence-electron chi connectivity index (χ3n) is 3.31. The summed E-state index contributed by atoms with van der Waals surface area (Å²) >= 11 is 2.22. The van der Waals surface area contributed by atoms with Crippen molar-refractivity contribution in [3.8, 4) is 29.7 Å². The quantitative estimate of drug-likeness (QED) is 0.483. The van der Waals surface area contributed by atoms with Crippen LogP contribution in [0.25, 0.3) is 22.6 Å². The van der Waals surface area contributed by atoms with E-state index in [0.717, 1.165) is 9.13 Å². The zero-order chi connectivity index (χ0) is 17.8. The lowest BCUT2D eigenvalue weighted by Gasteiger charge is -2.03. The van der Waals surface area contributed by atoms with Gasteiger partial charge >= 0.3 is 0 Å². The maximum Gasteiger partial charge on any atom is 0.227 e. The number of hydrogen-bond acceptors (Lipinski definition) is 6. The summed E-state index contributed by atoms with van der Waals surface area (Å²) in [5, 5.41) is 29.6. The first kappa shape index (κ1) is 16.5. The molecule has 0 saturated heterocycles. The number of halogens is 1. The van der Waals surface area contributed by atoms with Crippen molar-refractivity contribution >= 4 is 39.4 Å². The molecule has 118 valence electrons. The van der Waals surface area contributed by atoms with E-state index >= 15 is 0 Å². The van der Waals surface area contributed by atoms with Crippen LogP contribution in [0.15, 0.2) is 58.2 Å². The molecule has 0 bridgehead atoms. The minimum Gasteiger partial charge on any atom is -0.436 e. The fourth-order valence-electron chi connectivity index (χ4n) is 2.18. The summed E-state index contributed by atoms with van der Waals surface area (Å²) in [4.78, 5) is 4.46. The molecule has 1 N–H and O–H groups in total. The molecule has 0 amide bonds. The molecule has 3 aromatic rings. The summed E-state index contributed by atoms with van der Waals surface area (Å²) in [5.41, 5.74) is 2.23. The van der Waals surface area contributed by atoms with Crippen molar-refractivity contribution in [2.75, 3.05) is 5.32 Å². The van der Waals surface area contributed by atoms with Gasteiger partial charge in [-0.3, -0.25) is 0 Å². The van der Waals surface area contributed by atoms with Crippen LogP contribution in [0.2, 0.25) is 0 Å². The van der Waals surface area contributed by atoms with Crippen LogP contribution < -0.4 is 5.32 Å². The summed E-state index contributed by atoms with van der Waals surface area (Å²) in [6, 6.07) is 18.1. The van der Waals surface area contributed by atoms with Gasteiger partial charge in [0, 0.05) is 14.8 Å². The van der Waals surface area contributed by atoms with E-state index in [9.17, 15) is 0 Å². The van der Waals surface area contributed by atoms with E-state index in [1.165, 1.54) is 0 Å². The molecule has 0 aliphatic carbocycles. The highest BCUT2D eigenvalue weighted by Crippen LogP contribution is 2.27. The minimum atomic E-state index is -0.276. The Morgan fingerprint density at radius 3 is 2.52 bits per heavy atom. The summed E-state index contributed by atoms with van der Waals surface area (Å²) in [5.74, 6) is 0.497. The first-order valence-electron chi connectivity index (χ1n) is 7.02. The summed E-state index contributed by atoms with van der Waals surface area (Å²) in [6.07, 6.45) is 0. The molecule has 25 heavy (non-hydrogen) atoms. The van der Waals surface area contributed by atoms with Crippen LogP contribution in [0.4, 0.5) is 5.69 Å². The van der Waals surface area contributed by atoms with Crippen LogP contribution >= 0.6 is 22.6 Å². The van der Waals surface area contributed by atoms with E-state index in [1.54, 1.807) is 30.3 Å². The van der Waals surface area contributed by atoms with Gasteiger partial charge in [0.05, 0.1) is 0 Å². The Hall–Kier alpha value is -3.35. The van der Waals surface area contributed by atoms with Gasteiger partial charge in [-0.25, -0.2) is 4.98 Å². The van der Waals surface area contributed by atoms with Gasteiger partial charge in [-0.2, -0.15) is 15.8 Å². The molecule has 0 spiro atoms. The van der Waals surface area contributed by atoms with Crippen molar-refractivity contribution in [1.29, 1.82) is 15.8 Å². The van der Waals surface area contributed by atoms with Gasteiger partial charge in [0.1, 0.15) is 29.4 Å². The number of fused-ring (bicyclic) bond motifs is 1. The number of oxazole rings is 1. The molecule has 6 nitrogen and oxygen atoms in total. The predicted octanol–water partition coefficient (Wildman–Crippen LogP) is 4.34. The lowest BCUT2D eigenvalue weighted by Crippen LogP contribution is -2.00. The van der Waals surface area contributed by atoms with Crippen molar-refractivity contribution in [2.45, 2.75) is 0 Å². The summed E-state index contributed by atoms with van der Waals surface area (Å²) in [6.45, 7) is 0. The number of aromatic nitrogens is 1. The van der Waals surface area contributed by atoms with Gasteiger partial charge in [0.15, 0.2) is 11.2 Å². The lowest BCUT2D eigenvalue weighted by molar-refractivity contribution is 0.620. The largest absolute Gasteiger partial charge is 0.436 e. The first-order valence-corrected chi connectivity index (χ1v) is 8.10. The molecule has 0 atom stereocenters. The number of anilines is 1. The maximum atomic E-state index is 9.10. The Morgan fingerprint density at radius 2 is 1.84 bits per heavy atom. The van der Waals surface area contributed by atoms with Gasteiger partial charge in [0.25, 0.3) is 0 Å². The number of hydrogen-bond donors (Lipinski definition) is 1. The molecule has 0 radical (unpaired) electrons. The molecule has 1 aromatic heterocycles. The van der Waals surface area contributed by atoms with Crippen LogP contribution in [0.3, 0.4) is 0 Å². The van der Waals surface area contributed by atoms with Crippen molar-refractivity contribution in [3.63, 3.8) is 0 Å². The molecule has 2 aromatic carbocycles. The van der Waals surface area contributed by atoms with Crippen molar-refractivity contribution in [2.24, 2.45) is 0 Å². The zero-order valence-electron chi connectivity index (χ0n) is 12.6. The fraction of sp³-hybridized carbons (Fsp3) is 0. The molecule has 0 unspecified atom stereocenters. The topological polar surface area (TPSA) is 109 Å². The molecule has 0 aliphatic heterocycles. The highest BCUT2D eigenvalue weighted by Gasteiger charge is 2.11. The van der Waals surface area contributed by atoms with Gasteiger partial charge in [0.2, 0.25) is 5.89 Å². The van der Waals surface area contributed by atoms with Crippen molar-refractivity contribution in [3.05, 3.63) is 57.3 Å². The summed E-state index contributed by atoms with van der Waals surface area (Å²) < 4.78 is 6.83. The predicted molar refractivity (Wildman–Crippen MR) is 99.6 cm³/mol. The minimum absolute atomic E-state index is 0.106. The molecule has 0 fully saturated rings. The first-order chi connectivity index (χ1) is 12.1. The number of nitrogens with one attached hydrogen (secondary N) is 1. The van der Waals surface area contributed by atoms with E-state index in [-0.39, 0.29) is 11.3 Å². The van der Waals surface area contributed by atoms with Crippen LogP contribution in [0.5, 0.6) is 0 Å². The van der Waals surface area contributed by atoms with E-state index in [4.69, 9.17) is 20.2 Å². The Kier molecular flexibility index (Phi) is 4.65. The Morgan fingerprint density at radius 1 is 1.04 bits per heavy atom. The van der Waals surface area contributed by atoms with E-state index < -0.39 is 0 Å². The number of allylic oxidation sites excluding steroid dienone is 2. The van der Waals surface area contributed by atoms with Gasteiger partial charge in [-0.15, -0.1) is 0 Å². The smallest absolute Gasteiger partial charge is 0.227 e. The van der Waals surface area contributed by atoms with Crippen LogP contribution in [0, 0.1) is 37.6 Å². The Balaban J connectivity index is 1.99. The van der Waals surface area contributed by atoms with Gasteiger partial charge in [-0.1, -0.05) is 6.07 Å². The number of nitriles is 3. The van der Waals surface area contributed by atoms with Crippen LogP contribution in [0.1, 0.15) is 0 Å². The van der Waals surface area contributed by atoms with E-state index in [1.807, 2.05) is 30.3 Å². The normalized spacial score (nSPS) is 9.68. The lowest BCUT2D eigenvalue weighted by atomic mass is 10.2. The Labute approximate surface area is 156 Å². The van der Waals surface area contributed by atoms with Crippen molar-refractivity contribution in [1.82, 2.24) is 4.98 Å². The van der Waals surface area contributed by atoms with Gasteiger partial charge < -0.3 is 9.73 Å². The van der Waals surface area contributed by atoms with E-state index in [0.29, 0.717) is 22.7 Å².